The number of methoxy groups -OCH3 is 3. The lowest BCUT2D eigenvalue weighted by atomic mass is 10.0. The number of oxime groups is 1. The van der Waals surface area contributed by atoms with Crippen molar-refractivity contribution in [2.45, 2.75) is 155 Å². The van der Waals surface area contributed by atoms with E-state index < -0.39 is 5.78 Å². The summed E-state index contributed by atoms with van der Waals surface area (Å²) in [5, 5.41) is 43.1. The number of nitriles is 1. The van der Waals surface area contributed by atoms with Gasteiger partial charge < -0.3 is 55.5 Å². The van der Waals surface area contributed by atoms with E-state index in [1.54, 1.807) is 46.6 Å². The lowest BCUT2D eigenvalue weighted by molar-refractivity contribution is -0.144. The second kappa shape index (κ2) is 37.1. The Morgan fingerprint density at radius 3 is 1.30 bits per heavy atom. The third-order valence-electron chi connectivity index (χ3n) is 14.5. The van der Waals surface area contributed by atoms with Crippen LogP contribution >= 0.6 is 11.6 Å². The van der Waals surface area contributed by atoms with Crippen LogP contribution in [0.3, 0.4) is 0 Å². The van der Waals surface area contributed by atoms with Crippen LogP contribution in [0.1, 0.15) is 124 Å². The fourth-order valence-corrected chi connectivity index (χ4v) is 10.5. The molecule has 0 saturated carbocycles. The van der Waals surface area contributed by atoms with Crippen LogP contribution < -0.4 is 36.3 Å². The van der Waals surface area contributed by atoms with Crippen LogP contribution in [0, 0.1) is 80.6 Å². The molecule has 3 unspecified atom stereocenters. The molecule has 0 aliphatic carbocycles. The maximum Gasteiger partial charge on any atom is 0.307 e. The van der Waals surface area contributed by atoms with Gasteiger partial charge in [-0.3, -0.25) is 14.4 Å². The summed E-state index contributed by atoms with van der Waals surface area (Å²) < 4.78 is 36.3. The van der Waals surface area contributed by atoms with E-state index in [2.05, 4.69) is 74.5 Å². The molecular formula is C71H92ClN17O10. The van der Waals surface area contributed by atoms with E-state index in [1.165, 1.54) is 19.9 Å². The Morgan fingerprint density at radius 1 is 0.606 bits per heavy atom. The van der Waals surface area contributed by atoms with E-state index in [0.717, 1.165) is 130 Å². The number of esters is 2. The summed E-state index contributed by atoms with van der Waals surface area (Å²) in [6.07, 6.45) is 1.21. The van der Waals surface area contributed by atoms with Crippen molar-refractivity contribution >= 4 is 63.7 Å². The average Bonchev–Trinajstić information content (AvgIpc) is 1.65. The number of aryl methyl sites for hydroxylation is 10. The number of benzene rings is 3. The van der Waals surface area contributed by atoms with E-state index >= 15 is 0 Å². The minimum absolute atomic E-state index is 0.0746. The second-order valence-electron chi connectivity index (χ2n) is 23.4. The number of amidine groups is 1. The van der Waals surface area contributed by atoms with Crippen molar-refractivity contribution in [3.8, 4) is 56.7 Å². The number of ether oxygens (including phenoxy) is 5. The van der Waals surface area contributed by atoms with Crippen LogP contribution in [0.15, 0.2) is 82.5 Å². The molecular weight excluding hydrogens is 1290 g/mol. The smallest absolute Gasteiger partial charge is 0.307 e. The summed E-state index contributed by atoms with van der Waals surface area (Å²) in [7, 11) is 5.00. The van der Waals surface area contributed by atoms with Crippen molar-refractivity contribution in [1.82, 2.24) is 53.9 Å². The topological polar surface area (TPSA) is 359 Å². The first-order chi connectivity index (χ1) is 46.9. The highest BCUT2D eigenvalue weighted by molar-refractivity contribution is 6.29. The van der Waals surface area contributed by atoms with Crippen molar-refractivity contribution < 1.29 is 47.8 Å². The van der Waals surface area contributed by atoms with Crippen LogP contribution in [-0.4, -0.2) is 135 Å². The summed E-state index contributed by atoms with van der Waals surface area (Å²) >= 11 is 6.26. The van der Waals surface area contributed by atoms with Crippen LogP contribution in [0.4, 0.5) is 11.6 Å². The Morgan fingerprint density at radius 2 is 0.970 bits per heavy atom. The first-order valence-corrected chi connectivity index (χ1v) is 32.2. The van der Waals surface area contributed by atoms with Crippen LogP contribution in [0.5, 0.6) is 17.2 Å². The molecule has 528 valence electrons. The summed E-state index contributed by atoms with van der Waals surface area (Å²) in [5.41, 5.74) is 27.5. The van der Waals surface area contributed by atoms with Crippen LogP contribution in [0.2, 0.25) is 5.15 Å². The third kappa shape index (κ3) is 22.2. The molecule has 99 heavy (non-hydrogen) atoms. The lowest BCUT2D eigenvalue weighted by Gasteiger charge is -2.16. The molecule has 0 saturated heterocycles. The number of carbonyl (C=O) groups is 3. The van der Waals surface area contributed by atoms with E-state index in [9.17, 15) is 14.4 Å². The lowest BCUT2D eigenvalue weighted by Crippen LogP contribution is -2.22. The zero-order chi connectivity index (χ0) is 73.5. The molecule has 0 fully saturated rings. The van der Waals surface area contributed by atoms with E-state index in [0.29, 0.717) is 42.9 Å². The number of aromatic nitrogens is 11. The zero-order valence-electron chi connectivity index (χ0n) is 60.2. The minimum atomic E-state index is -0.440. The molecule has 10 rings (SSSR count). The van der Waals surface area contributed by atoms with E-state index in [1.807, 2.05) is 131 Å². The quantitative estimate of drug-likeness (QED) is 0.0101. The first kappa shape index (κ1) is 79.0. The van der Waals surface area contributed by atoms with Crippen molar-refractivity contribution in [2.24, 2.45) is 16.6 Å². The van der Waals surface area contributed by atoms with Crippen molar-refractivity contribution in [3.05, 3.63) is 141 Å². The molecule has 3 atom stereocenters. The predicted molar refractivity (Wildman–Crippen MR) is 383 cm³/mol. The van der Waals surface area contributed by atoms with Gasteiger partial charge in [-0.2, -0.15) is 34.6 Å². The standard InChI is InChI=1S/C22H26N6O2.C22H28N4O3.C16H16ClN3O.C6H13NO2.C3H3NO.C2H6N2O/c1-12-9-17(29-6)7-8-18(12)21-15(4)26-28-19(10-13(2)24-22(21)28)23-14(3)11-20-25-16(5)27-30-20;1-7-29-20(27)12-15(4)23-19-11-14(3)24-22-21(16(5)25-26(19)22)18-9-8-17(28-6)10-13(18)2;1-9-7-12(21-4)5-6-13(9)15-11(3)19-20-14(17)8-10(2)18-16(15)20;1-3-9-6(8)4-5(2)7;1-3(5)2-4;1-2(3)4-5/h7-10,14,23H,11H2,1-6H3;8-11,15,23H,7,12H2,1-6H3;5-8H,1-4H3;5H,3-4,7H2,1-2H3;1H3;5H,1H3,(H2,3,4). The molecule has 0 aliphatic rings. The summed E-state index contributed by atoms with van der Waals surface area (Å²) in [4.78, 5) is 50.2. The Labute approximate surface area is 582 Å². The number of nitrogens with one attached hydrogen (secondary N) is 2. The molecule has 0 aliphatic heterocycles. The first-order valence-electron chi connectivity index (χ1n) is 31.9. The number of hydrogen-bond donors (Lipinski definition) is 5. The second-order valence-corrected chi connectivity index (χ2v) is 23.7. The SMILES string of the molecule is C/C(N)=N/O.CC(=O)C#N.CCOC(=O)CC(C)N.CCOC(=O)CC(C)Nc1cc(C)nc2c(-c3ccc(OC)cc3C)c(C)nn12.COc1ccc(-c2c(C)nn3c(Cl)cc(C)nc23)c(C)c1.COc1ccc(-c2c(C)nn3c(NC(C)Cc4nc(C)no4)cc(C)nc23)c(C)c1. The van der Waals surface area contributed by atoms with Gasteiger partial charge in [-0.25, -0.2) is 19.5 Å². The van der Waals surface area contributed by atoms with E-state index in [-0.39, 0.29) is 42.3 Å². The van der Waals surface area contributed by atoms with Gasteiger partial charge in [0.05, 0.1) is 64.5 Å². The highest BCUT2D eigenvalue weighted by Crippen LogP contribution is 2.37. The number of anilines is 2. The highest BCUT2D eigenvalue weighted by atomic mass is 35.5. The molecule has 7 aromatic heterocycles. The van der Waals surface area contributed by atoms with Crippen LogP contribution in [-0.2, 0) is 30.3 Å². The molecule has 0 bridgehead atoms. The van der Waals surface area contributed by atoms with Gasteiger partial charge in [-0.15, -0.1) is 0 Å². The van der Waals surface area contributed by atoms with Gasteiger partial charge in [0.15, 0.2) is 22.8 Å². The van der Waals surface area contributed by atoms with Gasteiger partial charge in [0, 0.05) is 77.4 Å². The van der Waals surface area contributed by atoms with Crippen molar-refractivity contribution in [1.29, 1.82) is 5.26 Å². The third-order valence-corrected chi connectivity index (χ3v) is 14.7. The summed E-state index contributed by atoms with van der Waals surface area (Å²) in [6.45, 7) is 32.8. The van der Waals surface area contributed by atoms with Gasteiger partial charge >= 0.3 is 11.9 Å². The van der Waals surface area contributed by atoms with Gasteiger partial charge in [0.2, 0.25) is 11.7 Å². The Bertz CT molecular complexity index is 4490. The maximum absolute atomic E-state index is 11.8. The van der Waals surface area contributed by atoms with Crippen molar-refractivity contribution in [3.63, 3.8) is 0 Å². The normalized spacial score (nSPS) is 11.7. The number of rotatable bonds is 18. The van der Waals surface area contributed by atoms with Gasteiger partial charge in [0.1, 0.15) is 45.9 Å². The fourth-order valence-electron chi connectivity index (χ4n) is 10.2. The summed E-state index contributed by atoms with van der Waals surface area (Å²) in [6, 6.07) is 25.1. The monoisotopic (exact) mass is 1380 g/mol. The fraction of sp³-hybridized carbons (Fsp3) is 0.394. The molecule has 0 spiro atoms. The predicted octanol–water partition coefficient (Wildman–Crippen LogP) is 12.3. The molecule has 28 heteroatoms. The number of ketones is 1. The molecule has 10 aromatic rings. The molecule has 0 radical (unpaired) electrons. The number of fused-ring (bicyclic) bond motifs is 3. The highest BCUT2D eigenvalue weighted by Gasteiger charge is 2.23. The number of halogens is 1. The molecule has 27 nitrogen and oxygen atoms in total. The molecule has 7 N–H and O–H groups in total. The van der Waals surface area contributed by atoms with Gasteiger partial charge in [0.25, 0.3) is 0 Å². The molecule has 7 heterocycles. The minimum Gasteiger partial charge on any atom is -0.497 e. The number of nitrogens with zero attached hydrogens (tertiary/aromatic N) is 13. The largest absolute Gasteiger partial charge is 0.497 e. The van der Waals surface area contributed by atoms with E-state index in [4.69, 9.17) is 77.2 Å². The Balaban J connectivity index is 0.000000239. The maximum atomic E-state index is 11.8. The molecule has 0 amide bonds. The number of Topliss-reactive ketones (excluding diaryl/α,β-unsaturated/α-hetero) is 1. The zero-order valence-corrected chi connectivity index (χ0v) is 60.9. The van der Waals surface area contributed by atoms with Gasteiger partial charge in [-0.1, -0.05) is 40.1 Å². The average molecular weight is 1380 g/mol. The number of carbonyl (C=O) groups excluding carboxylic acids is 3. The van der Waals surface area contributed by atoms with Crippen LogP contribution in [0.25, 0.3) is 50.3 Å². The summed E-state index contributed by atoms with van der Waals surface area (Å²) in [5.74, 6) is 4.73. The molecule has 3 aromatic carbocycles. The Kier molecular flexibility index (Phi) is 29.6. The van der Waals surface area contributed by atoms with Crippen molar-refractivity contribution in [2.75, 3.05) is 45.2 Å². The number of nitrogens with two attached hydrogens (primary N) is 2. The van der Waals surface area contributed by atoms with Gasteiger partial charge in [-0.05, 0) is 187 Å². The Hall–Kier alpha value is -10.7. The number of hydrogen-bond acceptors (Lipinski definition) is 23.